The molecule has 0 bridgehead atoms. The minimum Gasteiger partial charge on any atom is -0.497 e. The summed E-state index contributed by atoms with van der Waals surface area (Å²) in [7, 11) is 1.55. The number of nitrogens with zero attached hydrogens (tertiary/aromatic N) is 1. The lowest BCUT2D eigenvalue weighted by atomic mass is 10.2. The maximum Gasteiger partial charge on any atom is 0.152 e. The van der Waals surface area contributed by atoms with Gasteiger partial charge in [-0.25, -0.2) is 0 Å². The fourth-order valence-corrected chi connectivity index (χ4v) is 0.912. The van der Waals surface area contributed by atoms with Crippen molar-refractivity contribution in [3.05, 3.63) is 23.8 Å². The van der Waals surface area contributed by atoms with E-state index in [0.717, 1.165) is 0 Å². The molecule has 0 atom stereocenters. The van der Waals surface area contributed by atoms with Gasteiger partial charge in [-0.1, -0.05) is 5.92 Å². The average molecular weight is 172 g/mol. The first kappa shape index (κ1) is 8.96. The summed E-state index contributed by atoms with van der Waals surface area (Å²) in [4.78, 5) is 0. The van der Waals surface area contributed by atoms with Crippen molar-refractivity contribution in [2.75, 3.05) is 12.8 Å². The van der Waals surface area contributed by atoms with Crippen molar-refractivity contribution in [2.45, 2.75) is 0 Å². The minimum absolute atomic E-state index is 0.571. The van der Waals surface area contributed by atoms with Gasteiger partial charge in [-0.3, -0.25) is 0 Å². The zero-order chi connectivity index (χ0) is 9.68. The molecule has 1 rings (SSSR count). The Balaban J connectivity index is 3.10. The second-order valence-electron chi connectivity index (χ2n) is 2.36. The first-order valence-corrected chi connectivity index (χ1v) is 3.61. The van der Waals surface area contributed by atoms with Crippen molar-refractivity contribution in [2.24, 2.45) is 0 Å². The molecule has 0 aliphatic heterocycles. The maximum atomic E-state index is 8.24. The zero-order valence-electron chi connectivity index (χ0n) is 7.16. The van der Waals surface area contributed by atoms with Gasteiger partial charge in [0.1, 0.15) is 5.75 Å². The van der Waals surface area contributed by atoms with E-state index >= 15 is 0 Å². The lowest BCUT2D eigenvalue weighted by Gasteiger charge is -2.01. The highest BCUT2D eigenvalue weighted by Crippen LogP contribution is 2.17. The lowest BCUT2D eigenvalue weighted by molar-refractivity contribution is 0.415. The Labute approximate surface area is 76.7 Å². The maximum absolute atomic E-state index is 8.24. The van der Waals surface area contributed by atoms with E-state index in [2.05, 4.69) is 11.8 Å². The van der Waals surface area contributed by atoms with Gasteiger partial charge in [-0.05, 0) is 12.1 Å². The Hall–Kier alpha value is -2.13. The summed E-state index contributed by atoms with van der Waals surface area (Å²) in [5, 5.41) is 8.24. The smallest absolute Gasteiger partial charge is 0.152 e. The van der Waals surface area contributed by atoms with Gasteiger partial charge in [0.05, 0.1) is 7.11 Å². The molecule has 3 heteroatoms. The number of nitrogen functional groups attached to an aromatic ring is 1. The van der Waals surface area contributed by atoms with Crippen LogP contribution in [0.15, 0.2) is 18.2 Å². The number of ether oxygens (including phenoxy) is 1. The molecule has 0 saturated heterocycles. The van der Waals surface area contributed by atoms with Crippen molar-refractivity contribution >= 4 is 5.69 Å². The van der Waals surface area contributed by atoms with E-state index in [4.69, 9.17) is 15.7 Å². The molecule has 0 aromatic heterocycles. The number of methoxy groups -OCH3 is 1. The second-order valence-corrected chi connectivity index (χ2v) is 2.36. The highest BCUT2D eigenvalue weighted by molar-refractivity contribution is 5.53. The first-order chi connectivity index (χ1) is 6.26. The monoisotopic (exact) mass is 172 g/mol. The molecule has 1 aromatic carbocycles. The standard InChI is InChI=1S/C10H8N2O/c1-13-10-6-8(3-2-4-11)5-9(12)7-10/h5-7H,12H2,1H3. The van der Waals surface area contributed by atoms with Crippen LogP contribution in [-0.4, -0.2) is 7.11 Å². The summed E-state index contributed by atoms with van der Waals surface area (Å²) in [6.07, 6.45) is 0. The Bertz CT molecular complexity index is 407. The first-order valence-electron chi connectivity index (χ1n) is 3.61. The van der Waals surface area contributed by atoms with Crippen LogP contribution in [0, 0.1) is 23.2 Å². The van der Waals surface area contributed by atoms with E-state index in [1.54, 1.807) is 31.4 Å². The predicted octanol–water partition coefficient (Wildman–Crippen LogP) is 1.15. The van der Waals surface area contributed by atoms with Crippen LogP contribution in [0.3, 0.4) is 0 Å². The van der Waals surface area contributed by atoms with E-state index in [0.29, 0.717) is 17.0 Å². The third-order valence-corrected chi connectivity index (χ3v) is 1.43. The molecule has 0 radical (unpaired) electrons. The third-order valence-electron chi connectivity index (χ3n) is 1.43. The summed E-state index contributed by atoms with van der Waals surface area (Å²) in [5.41, 5.74) is 6.83. The Morgan fingerprint density at radius 1 is 1.38 bits per heavy atom. The van der Waals surface area contributed by atoms with Gasteiger partial charge < -0.3 is 10.5 Å². The molecule has 2 N–H and O–H groups in total. The zero-order valence-corrected chi connectivity index (χ0v) is 7.16. The fraction of sp³-hybridized carbons (Fsp3) is 0.100. The topological polar surface area (TPSA) is 59.0 Å². The van der Waals surface area contributed by atoms with Gasteiger partial charge in [-0.2, -0.15) is 5.26 Å². The summed E-state index contributed by atoms with van der Waals surface area (Å²) in [6.45, 7) is 0. The van der Waals surface area contributed by atoms with Gasteiger partial charge in [0, 0.05) is 23.2 Å². The van der Waals surface area contributed by atoms with E-state index in [9.17, 15) is 0 Å². The number of rotatable bonds is 1. The molecule has 3 nitrogen and oxygen atoms in total. The number of benzene rings is 1. The van der Waals surface area contributed by atoms with Crippen molar-refractivity contribution in [3.63, 3.8) is 0 Å². The van der Waals surface area contributed by atoms with E-state index in [-0.39, 0.29) is 0 Å². The Morgan fingerprint density at radius 2 is 2.15 bits per heavy atom. The lowest BCUT2D eigenvalue weighted by Crippen LogP contribution is -1.89. The second kappa shape index (κ2) is 4.04. The molecule has 0 saturated carbocycles. The van der Waals surface area contributed by atoms with Gasteiger partial charge in [0.15, 0.2) is 6.07 Å². The summed E-state index contributed by atoms with van der Waals surface area (Å²) in [6, 6.07) is 6.83. The third kappa shape index (κ3) is 2.43. The molecular weight excluding hydrogens is 164 g/mol. The van der Waals surface area contributed by atoms with Crippen molar-refractivity contribution < 1.29 is 4.74 Å². The van der Waals surface area contributed by atoms with Crippen LogP contribution < -0.4 is 10.5 Å². The number of nitrogens with two attached hydrogens (primary N) is 1. The average Bonchev–Trinajstić information content (AvgIpc) is 2.14. The normalized spacial score (nSPS) is 8.00. The molecule has 64 valence electrons. The molecular formula is C10H8N2O. The van der Waals surface area contributed by atoms with Crippen LogP contribution >= 0.6 is 0 Å². The van der Waals surface area contributed by atoms with Gasteiger partial charge in [0.25, 0.3) is 0 Å². The molecule has 13 heavy (non-hydrogen) atoms. The Morgan fingerprint density at radius 3 is 2.77 bits per heavy atom. The van der Waals surface area contributed by atoms with E-state index in [1.165, 1.54) is 0 Å². The molecule has 1 aromatic rings. The van der Waals surface area contributed by atoms with Crippen molar-refractivity contribution in [3.8, 4) is 23.7 Å². The molecule has 0 aliphatic carbocycles. The van der Waals surface area contributed by atoms with E-state index < -0.39 is 0 Å². The number of hydrogen-bond acceptors (Lipinski definition) is 3. The van der Waals surface area contributed by atoms with Crippen LogP contribution in [-0.2, 0) is 0 Å². The minimum atomic E-state index is 0.571. The van der Waals surface area contributed by atoms with Gasteiger partial charge in [0.2, 0.25) is 0 Å². The van der Waals surface area contributed by atoms with Gasteiger partial charge >= 0.3 is 0 Å². The molecule has 0 spiro atoms. The fourth-order valence-electron chi connectivity index (χ4n) is 0.912. The van der Waals surface area contributed by atoms with Crippen LogP contribution in [0.2, 0.25) is 0 Å². The highest BCUT2D eigenvalue weighted by atomic mass is 16.5. The van der Waals surface area contributed by atoms with Crippen LogP contribution in [0.25, 0.3) is 0 Å². The van der Waals surface area contributed by atoms with Crippen molar-refractivity contribution in [1.29, 1.82) is 5.26 Å². The van der Waals surface area contributed by atoms with Gasteiger partial charge in [-0.15, -0.1) is 0 Å². The summed E-state index contributed by atoms with van der Waals surface area (Å²) >= 11 is 0. The molecule has 0 heterocycles. The number of nitriles is 1. The Kier molecular flexibility index (Phi) is 2.78. The van der Waals surface area contributed by atoms with Crippen LogP contribution in [0.1, 0.15) is 5.56 Å². The molecule has 0 amide bonds. The SMILES string of the molecule is COc1cc(N)cc(C#CC#N)c1. The highest BCUT2D eigenvalue weighted by Gasteiger charge is 1.95. The molecule has 0 fully saturated rings. The predicted molar refractivity (Wildman–Crippen MR) is 49.9 cm³/mol. The number of anilines is 1. The van der Waals surface area contributed by atoms with Crippen LogP contribution in [0.5, 0.6) is 5.75 Å². The largest absolute Gasteiger partial charge is 0.497 e. The number of hydrogen-bond donors (Lipinski definition) is 1. The van der Waals surface area contributed by atoms with Crippen LogP contribution in [0.4, 0.5) is 5.69 Å². The summed E-state index contributed by atoms with van der Waals surface area (Å²) in [5.74, 6) is 5.57. The molecule has 0 aliphatic rings. The summed E-state index contributed by atoms with van der Waals surface area (Å²) < 4.78 is 4.98. The van der Waals surface area contributed by atoms with E-state index in [1.807, 2.05) is 0 Å². The van der Waals surface area contributed by atoms with Crippen molar-refractivity contribution in [1.82, 2.24) is 0 Å². The molecule has 0 unspecified atom stereocenters. The quantitative estimate of drug-likeness (QED) is 0.510.